The fraction of sp³-hybridized carbons (Fsp3) is 0.571. The van der Waals surface area contributed by atoms with E-state index in [0.29, 0.717) is 12.6 Å². The molecule has 1 amide bonds. The van der Waals surface area contributed by atoms with Gasteiger partial charge in [0.05, 0.1) is 17.8 Å². The van der Waals surface area contributed by atoms with Crippen LogP contribution < -0.4 is 0 Å². The third kappa shape index (κ3) is 3.69. The van der Waals surface area contributed by atoms with Crippen LogP contribution in [-0.4, -0.2) is 69.4 Å². The van der Waals surface area contributed by atoms with E-state index in [2.05, 4.69) is 21.0 Å². The second-order valence-corrected chi connectivity index (χ2v) is 7.90. The molecule has 2 fully saturated rings. The third-order valence-electron chi connectivity index (χ3n) is 6.10. The minimum atomic E-state index is 0.159. The monoisotopic (exact) mass is 383 g/mol. The molecule has 0 bridgehead atoms. The maximum Gasteiger partial charge on any atom is 0.244 e. The van der Waals surface area contributed by atoms with Crippen LogP contribution in [0.5, 0.6) is 0 Å². The normalized spacial score (nSPS) is 23.6. The smallest absolute Gasteiger partial charge is 0.244 e. The Morgan fingerprint density at radius 3 is 2.68 bits per heavy atom. The maximum atomic E-state index is 12.7. The largest absolute Gasteiger partial charge is 0.378 e. The number of amides is 1. The SMILES string of the molecule is CO[C@H]1CN(C2CCN(C(=O)Cn3nc(C)cc3C)CC2)[C@H]1c1cccnc1. The fourth-order valence-electron chi connectivity index (χ4n) is 4.54. The van der Waals surface area contributed by atoms with Crippen molar-refractivity contribution in [2.24, 2.45) is 0 Å². The Bertz CT molecular complexity index is 813. The van der Waals surface area contributed by atoms with Crippen molar-refractivity contribution in [3.63, 3.8) is 0 Å². The summed E-state index contributed by atoms with van der Waals surface area (Å²) in [7, 11) is 1.78. The van der Waals surface area contributed by atoms with Gasteiger partial charge in [0, 0.05) is 50.9 Å². The van der Waals surface area contributed by atoms with Gasteiger partial charge in [-0.15, -0.1) is 0 Å². The van der Waals surface area contributed by atoms with Gasteiger partial charge in [-0.2, -0.15) is 5.10 Å². The van der Waals surface area contributed by atoms with E-state index in [1.165, 1.54) is 5.56 Å². The van der Waals surface area contributed by atoms with Crippen LogP contribution in [0.15, 0.2) is 30.6 Å². The highest BCUT2D eigenvalue weighted by Crippen LogP contribution is 2.39. The molecule has 0 aromatic carbocycles. The molecule has 28 heavy (non-hydrogen) atoms. The first-order valence-electron chi connectivity index (χ1n) is 10.0. The molecule has 4 heterocycles. The first-order valence-corrected chi connectivity index (χ1v) is 10.0. The lowest BCUT2D eigenvalue weighted by molar-refractivity contribution is -0.138. The third-order valence-corrected chi connectivity index (χ3v) is 6.10. The Labute approximate surface area is 166 Å². The number of aromatic nitrogens is 3. The van der Waals surface area contributed by atoms with Gasteiger partial charge in [0.2, 0.25) is 5.91 Å². The van der Waals surface area contributed by atoms with Crippen molar-refractivity contribution in [2.45, 2.75) is 51.4 Å². The first kappa shape index (κ1) is 19.1. The molecular weight excluding hydrogens is 354 g/mol. The Morgan fingerprint density at radius 1 is 1.29 bits per heavy atom. The number of carbonyl (C=O) groups is 1. The number of hydrogen-bond donors (Lipinski definition) is 0. The highest BCUT2D eigenvalue weighted by Gasteiger charge is 2.44. The summed E-state index contributed by atoms with van der Waals surface area (Å²) in [6.45, 7) is 6.83. The molecule has 0 aliphatic carbocycles. The topological polar surface area (TPSA) is 63.5 Å². The van der Waals surface area contributed by atoms with Gasteiger partial charge < -0.3 is 9.64 Å². The first-order chi connectivity index (χ1) is 13.6. The summed E-state index contributed by atoms with van der Waals surface area (Å²) in [5.74, 6) is 0.159. The lowest BCUT2D eigenvalue weighted by Gasteiger charge is -2.52. The van der Waals surface area contributed by atoms with Crippen molar-refractivity contribution in [2.75, 3.05) is 26.7 Å². The average molecular weight is 383 g/mol. The van der Waals surface area contributed by atoms with Crippen LogP contribution in [0.3, 0.4) is 0 Å². The van der Waals surface area contributed by atoms with Crippen molar-refractivity contribution < 1.29 is 9.53 Å². The van der Waals surface area contributed by atoms with Gasteiger partial charge in [0.1, 0.15) is 6.54 Å². The number of likely N-dealkylation sites (tertiary alicyclic amines) is 2. The van der Waals surface area contributed by atoms with Crippen LogP contribution in [0.2, 0.25) is 0 Å². The molecule has 0 radical (unpaired) electrons. The molecule has 2 aliphatic rings. The van der Waals surface area contributed by atoms with E-state index in [1.54, 1.807) is 18.0 Å². The van der Waals surface area contributed by atoms with Gasteiger partial charge in [-0.25, -0.2) is 0 Å². The van der Waals surface area contributed by atoms with Gasteiger partial charge in [-0.05, 0) is 44.4 Å². The van der Waals surface area contributed by atoms with Gasteiger partial charge >= 0.3 is 0 Å². The predicted octanol–water partition coefficient (Wildman–Crippen LogP) is 1.96. The number of nitrogens with zero attached hydrogens (tertiary/aromatic N) is 5. The zero-order valence-electron chi connectivity index (χ0n) is 16.9. The van der Waals surface area contributed by atoms with Crippen molar-refractivity contribution in [3.8, 4) is 0 Å². The highest BCUT2D eigenvalue weighted by molar-refractivity contribution is 5.76. The Hall–Kier alpha value is -2.25. The molecule has 7 heteroatoms. The average Bonchev–Trinajstić information content (AvgIpc) is 2.99. The number of methoxy groups -OCH3 is 1. The number of pyridine rings is 1. The summed E-state index contributed by atoms with van der Waals surface area (Å²) in [5.41, 5.74) is 3.20. The molecular formula is C21H29N5O2. The second kappa shape index (κ2) is 8.01. The molecule has 2 aromatic heterocycles. The number of carbonyl (C=O) groups excluding carboxylic acids is 1. The molecule has 2 aromatic rings. The number of aryl methyl sites for hydroxylation is 2. The molecule has 7 nitrogen and oxygen atoms in total. The van der Waals surface area contributed by atoms with Gasteiger partial charge in [0.25, 0.3) is 0 Å². The minimum absolute atomic E-state index is 0.159. The Morgan fingerprint density at radius 2 is 2.07 bits per heavy atom. The molecule has 2 aliphatic heterocycles. The van der Waals surface area contributed by atoms with E-state index in [4.69, 9.17) is 4.74 Å². The van der Waals surface area contributed by atoms with Crippen molar-refractivity contribution in [3.05, 3.63) is 47.5 Å². The van der Waals surface area contributed by atoms with Crippen LogP contribution >= 0.6 is 0 Å². The summed E-state index contributed by atoms with van der Waals surface area (Å²) >= 11 is 0. The minimum Gasteiger partial charge on any atom is -0.378 e. The van der Waals surface area contributed by atoms with Crippen LogP contribution in [0.4, 0.5) is 0 Å². The van der Waals surface area contributed by atoms with E-state index >= 15 is 0 Å². The quantitative estimate of drug-likeness (QED) is 0.790. The van der Waals surface area contributed by atoms with E-state index in [1.807, 2.05) is 37.1 Å². The molecule has 0 saturated carbocycles. The summed E-state index contributed by atoms with van der Waals surface area (Å²) in [4.78, 5) is 21.5. The maximum absolute atomic E-state index is 12.7. The zero-order valence-corrected chi connectivity index (χ0v) is 16.9. The second-order valence-electron chi connectivity index (χ2n) is 7.90. The van der Waals surface area contributed by atoms with Crippen LogP contribution in [0, 0.1) is 13.8 Å². The summed E-state index contributed by atoms with van der Waals surface area (Å²) in [5, 5.41) is 4.41. The standard InChI is InChI=1S/C21H29N5O2/c1-15-11-16(2)26(23-15)14-20(27)24-9-6-18(7-10-24)25-13-19(28-3)21(25)17-5-4-8-22-12-17/h4-5,8,11-12,18-19,21H,6-7,9-10,13-14H2,1-3H3/t19-,21-/m0/s1. The van der Waals surface area contributed by atoms with Crippen molar-refractivity contribution in [1.82, 2.24) is 24.6 Å². The van der Waals surface area contributed by atoms with Gasteiger partial charge in [0.15, 0.2) is 0 Å². The predicted molar refractivity (Wildman–Crippen MR) is 106 cm³/mol. The molecule has 4 rings (SSSR count). The van der Waals surface area contributed by atoms with E-state index in [9.17, 15) is 4.79 Å². The van der Waals surface area contributed by atoms with E-state index in [-0.39, 0.29) is 18.1 Å². The van der Waals surface area contributed by atoms with Crippen molar-refractivity contribution in [1.29, 1.82) is 0 Å². The molecule has 150 valence electrons. The lowest BCUT2D eigenvalue weighted by atomic mass is 9.87. The number of rotatable bonds is 5. The lowest BCUT2D eigenvalue weighted by Crippen LogP contribution is -2.60. The molecule has 0 N–H and O–H groups in total. The van der Waals surface area contributed by atoms with Crippen molar-refractivity contribution >= 4 is 5.91 Å². The molecule has 0 unspecified atom stereocenters. The van der Waals surface area contributed by atoms with Crippen LogP contribution in [-0.2, 0) is 16.1 Å². The van der Waals surface area contributed by atoms with Crippen LogP contribution in [0.25, 0.3) is 0 Å². The molecule has 2 atom stereocenters. The van der Waals surface area contributed by atoms with Gasteiger partial charge in [-0.1, -0.05) is 6.07 Å². The van der Waals surface area contributed by atoms with Crippen LogP contribution in [0.1, 0.15) is 35.8 Å². The number of ether oxygens (including phenoxy) is 1. The van der Waals surface area contributed by atoms with E-state index < -0.39 is 0 Å². The molecule has 0 spiro atoms. The number of piperidine rings is 1. The fourth-order valence-corrected chi connectivity index (χ4v) is 4.54. The Kier molecular flexibility index (Phi) is 5.46. The molecule has 2 saturated heterocycles. The summed E-state index contributed by atoms with van der Waals surface area (Å²) in [6.07, 6.45) is 5.96. The number of hydrogen-bond acceptors (Lipinski definition) is 5. The summed E-state index contributed by atoms with van der Waals surface area (Å²) < 4.78 is 7.48. The Balaban J connectivity index is 1.35. The highest BCUT2D eigenvalue weighted by atomic mass is 16.5. The summed E-state index contributed by atoms with van der Waals surface area (Å²) in [6, 6.07) is 6.87. The zero-order chi connectivity index (χ0) is 19.7. The van der Waals surface area contributed by atoms with E-state index in [0.717, 1.165) is 43.9 Å². The van der Waals surface area contributed by atoms with Gasteiger partial charge in [-0.3, -0.25) is 19.4 Å².